The molecule has 0 fully saturated rings. The van der Waals surface area contributed by atoms with Gasteiger partial charge in [0.05, 0.1) is 40.1 Å². The number of rotatable bonds is 8. The topological polar surface area (TPSA) is 105 Å². The highest BCUT2D eigenvalue weighted by Crippen LogP contribution is 2.23. The summed E-state index contributed by atoms with van der Waals surface area (Å²) in [6.07, 6.45) is 1.52. The van der Waals surface area contributed by atoms with Crippen LogP contribution in [-0.4, -0.2) is 44.3 Å². The number of ether oxygens (including phenoxy) is 1. The molecule has 0 spiro atoms. The van der Waals surface area contributed by atoms with Gasteiger partial charge in [0, 0.05) is 6.54 Å². The number of hydrogen-bond acceptors (Lipinski definition) is 5. The highest BCUT2D eigenvalue weighted by Gasteiger charge is 2.31. The molecular formula is C21H21Cl2FN2O5S. The zero-order chi connectivity index (χ0) is 23.3. The fourth-order valence-corrected chi connectivity index (χ4v) is 4.62. The minimum Gasteiger partial charge on any atom is -0.394 e. The van der Waals surface area contributed by atoms with Crippen molar-refractivity contribution < 1.29 is 27.4 Å². The van der Waals surface area contributed by atoms with Crippen LogP contribution in [0.2, 0.25) is 10.0 Å². The molecule has 0 aliphatic carbocycles. The number of aliphatic hydroxyl groups is 1. The Hall–Kier alpha value is -2.01. The van der Waals surface area contributed by atoms with Gasteiger partial charge in [-0.25, -0.2) is 17.5 Å². The Morgan fingerprint density at radius 2 is 1.81 bits per heavy atom. The van der Waals surface area contributed by atoms with E-state index in [1.165, 1.54) is 6.08 Å². The maximum atomic E-state index is 13.1. The molecule has 3 rings (SSSR count). The lowest BCUT2D eigenvalue weighted by atomic mass is 10.1. The lowest BCUT2D eigenvalue weighted by molar-refractivity contribution is -0.125. The van der Waals surface area contributed by atoms with Crippen molar-refractivity contribution in [3.05, 3.63) is 76.0 Å². The largest absolute Gasteiger partial charge is 0.394 e. The Morgan fingerprint density at radius 3 is 2.47 bits per heavy atom. The van der Waals surface area contributed by atoms with Gasteiger partial charge < -0.3 is 15.2 Å². The van der Waals surface area contributed by atoms with Gasteiger partial charge in [-0.1, -0.05) is 41.4 Å². The second-order valence-corrected chi connectivity index (χ2v) is 9.64. The van der Waals surface area contributed by atoms with Crippen LogP contribution in [-0.2, 0) is 26.1 Å². The minimum atomic E-state index is -3.96. The average Bonchev–Trinajstić information content (AvgIpc) is 2.75. The van der Waals surface area contributed by atoms with E-state index in [1.807, 2.05) is 0 Å². The van der Waals surface area contributed by atoms with Crippen LogP contribution in [0.4, 0.5) is 4.39 Å². The number of amides is 1. The van der Waals surface area contributed by atoms with Gasteiger partial charge in [0.1, 0.15) is 11.9 Å². The number of hydrogen-bond donors (Lipinski definition) is 3. The predicted molar refractivity (Wildman–Crippen MR) is 118 cm³/mol. The van der Waals surface area contributed by atoms with Gasteiger partial charge >= 0.3 is 0 Å². The number of nitrogens with one attached hydrogen (secondary N) is 2. The summed E-state index contributed by atoms with van der Waals surface area (Å²) in [7, 11) is -3.96. The molecule has 11 heteroatoms. The summed E-state index contributed by atoms with van der Waals surface area (Å²) in [5, 5.41) is 13.2. The molecule has 1 heterocycles. The second kappa shape index (κ2) is 10.7. The van der Waals surface area contributed by atoms with Crippen molar-refractivity contribution in [3.8, 4) is 0 Å². The van der Waals surface area contributed by atoms with Gasteiger partial charge in [0.25, 0.3) is 0 Å². The summed E-state index contributed by atoms with van der Waals surface area (Å²) in [5.41, 5.74) is 0.774. The fraction of sp³-hybridized carbons (Fsp3) is 0.286. The van der Waals surface area contributed by atoms with Crippen molar-refractivity contribution in [2.24, 2.45) is 0 Å². The maximum absolute atomic E-state index is 13.1. The van der Waals surface area contributed by atoms with E-state index in [-0.39, 0.29) is 23.8 Å². The number of aliphatic hydroxyl groups excluding tert-OH is 1. The molecule has 3 atom stereocenters. The van der Waals surface area contributed by atoms with Crippen LogP contribution in [0.15, 0.2) is 59.5 Å². The van der Waals surface area contributed by atoms with E-state index < -0.39 is 40.7 Å². The molecule has 0 unspecified atom stereocenters. The molecule has 0 aromatic heterocycles. The van der Waals surface area contributed by atoms with Gasteiger partial charge in [-0.3, -0.25) is 4.79 Å². The highest BCUT2D eigenvalue weighted by atomic mass is 35.5. The van der Waals surface area contributed by atoms with Crippen molar-refractivity contribution in [3.63, 3.8) is 0 Å². The molecule has 0 saturated carbocycles. The SMILES string of the molecule is O=C(C[C@H]1C=C[C@H](NS(=O)(=O)c2ccc(F)cc2)[C@H](CO)O1)NCc1ccc(Cl)c(Cl)c1. The third-order valence-electron chi connectivity index (χ3n) is 4.74. The van der Waals surface area contributed by atoms with E-state index in [0.717, 1.165) is 29.8 Å². The summed E-state index contributed by atoms with van der Waals surface area (Å²) in [5.74, 6) is -0.855. The van der Waals surface area contributed by atoms with Gasteiger partial charge in [-0.05, 0) is 42.0 Å². The average molecular weight is 503 g/mol. The van der Waals surface area contributed by atoms with Crippen molar-refractivity contribution in [1.29, 1.82) is 0 Å². The second-order valence-electron chi connectivity index (χ2n) is 7.11. The number of sulfonamides is 1. The lowest BCUT2D eigenvalue weighted by Gasteiger charge is -2.31. The maximum Gasteiger partial charge on any atom is 0.241 e. The molecule has 1 aliphatic heterocycles. The van der Waals surface area contributed by atoms with E-state index in [1.54, 1.807) is 24.3 Å². The highest BCUT2D eigenvalue weighted by molar-refractivity contribution is 7.89. The number of carbonyl (C=O) groups excluding carboxylic acids is 1. The van der Waals surface area contributed by atoms with E-state index in [4.69, 9.17) is 27.9 Å². The molecule has 1 aliphatic rings. The molecule has 0 saturated heterocycles. The van der Waals surface area contributed by atoms with Crippen LogP contribution >= 0.6 is 23.2 Å². The number of halogens is 3. The van der Waals surface area contributed by atoms with Gasteiger partial charge in [0.15, 0.2) is 0 Å². The quantitative estimate of drug-likeness (QED) is 0.481. The monoisotopic (exact) mass is 502 g/mol. The first-order valence-electron chi connectivity index (χ1n) is 9.61. The van der Waals surface area contributed by atoms with Gasteiger partial charge in [0.2, 0.25) is 15.9 Å². The Kier molecular flexibility index (Phi) is 8.26. The van der Waals surface area contributed by atoms with Crippen molar-refractivity contribution in [1.82, 2.24) is 10.0 Å². The Bertz CT molecular complexity index is 1100. The van der Waals surface area contributed by atoms with Crippen LogP contribution in [0.3, 0.4) is 0 Å². The summed E-state index contributed by atoms with van der Waals surface area (Å²) < 4.78 is 46.2. The first-order chi connectivity index (χ1) is 15.2. The molecule has 3 N–H and O–H groups in total. The standard InChI is InChI=1S/C21H21Cl2FN2O5S/c22-17-7-1-13(9-18(17)23)11-25-21(28)10-15-4-8-19(20(12-27)31-15)26-32(29,30)16-5-2-14(24)3-6-16/h1-9,15,19-20,26-27H,10-12H2,(H,25,28)/t15-,19+,20+/m1/s1. The molecular weight excluding hydrogens is 482 g/mol. The summed E-state index contributed by atoms with van der Waals surface area (Å²) in [6, 6.07) is 8.53. The third-order valence-corrected chi connectivity index (χ3v) is 6.95. The Labute approximate surface area is 195 Å². The van der Waals surface area contributed by atoms with E-state index >= 15 is 0 Å². The van der Waals surface area contributed by atoms with Gasteiger partial charge in [-0.15, -0.1) is 0 Å². The van der Waals surface area contributed by atoms with Crippen molar-refractivity contribution >= 4 is 39.1 Å². The fourth-order valence-electron chi connectivity index (χ4n) is 3.08. The van der Waals surface area contributed by atoms with E-state index in [0.29, 0.717) is 10.0 Å². The molecule has 2 aromatic carbocycles. The molecule has 32 heavy (non-hydrogen) atoms. The zero-order valence-electron chi connectivity index (χ0n) is 16.7. The zero-order valence-corrected chi connectivity index (χ0v) is 19.0. The van der Waals surface area contributed by atoms with Gasteiger partial charge in [-0.2, -0.15) is 0 Å². The van der Waals surface area contributed by atoms with Crippen LogP contribution in [0.5, 0.6) is 0 Å². The molecule has 2 aromatic rings. The number of carbonyl (C=O) groups is 1. The van der Waals surface area contributed by atoms with Crippen molar-refractivity contribution in [2.45, 2.75) is 36.1 Å². The van der Waals surface area contributed by atoms with Crippen LogP contribution in [0, 0.1) is 5.82 Å². The van der Waals surface area contributed by atoms with Crippen molar-refractivity contribution in [2.75, 3.05) is 6.61 Å². The molecule has 0 radical (unpaired) electrons. The Morgan fingerprint density at radius 1 is 1.09 bits per heavy atom. The number of benzene rings is 2. The first-order valence-corrected chi connectivity index (χ1v) is 11.8. The molecule has 1 amide bonds. The smallest absolute Gasteiger partial charge is 0.241 e. The predicted octanol–water partition coefficient (Wildman–Crippen LogP) is 2.80. The summed E-state index contributed by atoms with van der Waals surface area (Å²) in [6.45, 7) is -0.224. The minimum absolute atomic E-state index is 0.0221. The summed E-state index contributed by atoms with van der Waals surface area (Å²) in [4.78, 5) is 12.1. The van der Waals surface area contributed by atoms with E-state index in [9.17, 15) is 22.7 Å². The first kappa shape index (κ1) is 24.6. The third kappa shape index (κ3) is 6.50. The molecule has 172 valence electrons. The van der Waals surface area contributed by atoms with Crippen LogP contribution in [0.1, 0.15) is 12.0 Å². The molecule has 7 nitrogen and oxygen atoms in total. The Balaban J connectivity index is 1.57. The summed E-state index contributed by atoms with van der Waals surface area (Å²) >= 11 is 11.8. The lowest BCUT2D eigenvalue weighted by Crippen LogP contribution is -2.49. The van der Waals surface area contributed by atoms with E-state index in [2.05, 4.69) is 10.0 Å². The van der Waals surface area contributed by atoms with Crippen LogP contribution in [0.25, 0.3) is 0 Å². The van der Waals surface area contributed by atoms with Crippen LogP contribution < -0.4 is 10.0 Å². The normalized spacial score (nSPS) is 20.8. The molecule has 0 bridgehead atoms.